The van der Waals surface area contributed by atoms with Gasteiger partial charge in [-0.05, 0) is 12.1 Å². The lowest BCUT2D eigenvalue weighted by Crippen LogP contribution is -1.92. The van der Waals surface area contributed by atoms with Crippen molar-refractivity contribution in [3.63, 3.8) is 0 Å². The normalized spacial score (nSPS) is 9.75. The molecule has 0 bridgehead atoms. The second kappa shape index (κ2) is 7.53. The molecule has 0 fully saturated rings. The molecule has 128 valence electrons. The van der Waals surface area contributed by atoms with E-state index in [1.54, 1.807) is 0 Å². The lowest BCUT2D eigenvalue weighted by Gasteiger charge is -1.99. The van der Waals surface area contributed by atoms with Gasteiger partial charge in [0.1, 0.15) is 0 Å². The van der Waals surface area contributed by atoms with Gasteiger partial charge in [-0.15, -0.1) is 0 Å². The van der Waals surface area contributed by atoms with Gasteiger partial charge in [0.15, 0.2) is 0 Å². The first-order valence-electron chi connectivity index (χ1n) is 5.89. The average molecular weight is 377 g/mol. The van der Waals surface area contributed by atoms with Crippen LogP contribution in [0.5, 0.6) is 11.5 Å². The van der Waals surface area contributed by atoms with E-state index in [0.717, 1.165) is 12.1 Å². The van der Waals surface area contributed by atoms with Gasteiger partial charge in [-0.3, -0.25) is 20.2 Å². The Morgan fingerprint density at radius 1 is 0.792 bits per heavy atom. The molecule has 0 aromatic heterocycles. The third-order valence-electron chi connectivity index (χ3n) is 2.56. The van der Waals surface area contributed by atoms with Gasteiger partial charge in [0.25, 0.3) is 0 Å². The fraction of sp³-hybridized carbons (Fsp3) is 0. The third kappa shape index (κ3) is 4.51. The number of nitrogens with two attached hydrogens (primary N) is 2. The maximum atomic E-state index is 10.3. The number of hydrogen-bond acceptors (Lipinski definition) is 8. The Morgan fingerprint density at radius 3 is 1.33 bits per heavy atom. The Bertz CT molecular complexity index is 747. The molecule has 0 radical (unpaired) electrons. The van der Waals surface area contributed by atoms with Gasteiger partial charge in [0.05, 0.1) is 21.2 Å². The molecule has 0 aliphatic heterocycles. The van der Waals surface area contributed by atoms with Crippen LogP contribution in [0.3, 0.4) is 0 Å². The highest BCUT2D eigenvalue weighted by molar-refractivity contribution is 6.31. The Kier molecular flexibility index (Phi) is 5.98. The second-order valence-electron chi connectivity index (χ2n) is 4.24. The van der Waals surface area contributed by atoms with Crippen molar-refractivity contribution >= 4 is 46.0 Å². The Morgan fingerprint density at radius 2 is 1.08 bits per heavy atom. The lowest BCUT2D eigenvalue weighted by molar-refractivity contribution is -0.385. The van der Waals surface area contributed by atoms with Crippen LogP contribution in [0, 0.1) is 20.2 Å². The summed E-state index contributed by atoms with van der Waals surface area (Å²) in [6.45, 7) is 0. The first-order valence-corrected chi connectivity index (χ1v) is 6.65. The molecule has 0 atom stereocenters. The fourth-order valence-electron chi connectivity index (χ4n) is 1.49. The highest BCUT2D eigenvalue weighted by Crippen LogP contribution is 2.35. The zero-order valence-electron chi connectivity index (χ0n) is 11.6. The van der Waals surface area contributed by atoms with E-state index in [2.05, 4.69) is 0 Å². The topological polar surface area (TPSA) is 179 Å². The number of phenols is 2. The number of halogens is 2. The van der Waals surface area contributed by atoms with E-state index in [0.29, 0.717) is 0 Å². The SMILES string of the molecule is Nc1cc(Cl)cc([N+](=O)[O-])c1O.Nc1cc(Cl)cc([N+](=O)[O-])c1O. The van der Waals surface area contributed by atoms with Crippen molar-refractivity contribution in [2.24, 2.45) is 0 Å². The molecule has 2 aromatic rings. The summed E-state index contributed by atoms with van der Waals surface area (Å²) in [7, 11) is 0. The molecule has 0 saturated carbocycles. The summed E-state index contributed by atoms with van der Waals surface area (Å²) >= 11 is 10.9. The molecule has 0 amide bonds. The highest BCUT2D eigenvalue weighted by atomic mass is 35.5. The number of nitro groups is 2. The monoisotopic (exact) mass is 376 g/mol. The van der Waals surface area contributed by atoms with E-state index in [1.807, 2.05) is 0 Å². The first kappa shape index (κ1) is 19.1. The minimum Gasteiger partial charge on any atom is -0.501 e. The van der Waals surface area contributed by atoms with Crippen LogP contribution in [0.15, 0.2) is 24.3 Å². The molecular weight excluding hydrogens is 367 g/mol. The van der Waals surface area contributed by atoms with Crippen LogP contribution in [0.2, 0.25) is 10.0 Å². The number of nitrogens with zero attached hydrogens (tertiary/aromatic N) is 2. The van der Waals surface area contributed by atoms with Crippen LogP contribution < -0.4 is 11.5 Å². The molecule has 2 aromatic carbocycles. The zero-order chi connectivity index (χ0) is 18.6. The van der Waals surface area contributed by atoms with E-state index < -0.39 is 32.7 Å². The standard InChI is InChI=1S/2C6H5ClN2O3/c2*7-3-1-4(8)6(10)5(2-3)9(11)12/h2*1-2,10H,8H2. The second-order valence-corrected chi connectivity index (χ2v) is 5.11. The summed E-state index contributed by atoms with van der Waals surface area (Å²) in [6.07, 6.45) is 0. The highest BCUT2D eigenvalue weighted by Gasteiger charge is 2.17. The van der Waals surface area contributed by atoms with Crippen LogP contribution >= 0.6 is 23.2 Å². The van der Waals surface area contributed by atoms with Crippen LogP contribution in [0.25, 0.3) is 0 Å². The molecule has 0 aliphatic carbocycles. The van der Waals surface area contributed by atoms with E-state index in [9.17, 15) is 20.2 Å². The van der Waals surface area contributed by atoms with Crippen LogP contribution in [0.1, 0.15) is 0 Å². The molecule has 24 heavy (non-hydrogen) atoms. The number of aromatic hydroxyl groups is 2. The molecule has 0 heterocycles. The van der Waals surface area contributed by atoms with Gasteiger partial charge in [0, 0.05) is 22.2 Å². The molecule has 0 aliphatic rings. The van der Waals surface area contributed by atoms with Crippen LogP contribution in [-0.4, -0.2) is 20.1 Å². The van der Waals surface area contributed by atoms with Gasteiger partial charge in [-0.25, -0.2) is 0 Å². The summed E-state index contributed by atoms with van der Waals surface area (Å²) in [6, 6.07) is 4.55. The van der Waals surface area contributed by atoms with Gasteiger partial charge in [-0.2, -0.15) is 0 Å². The number of anilines is 2. The summed E-state index contributed by atoms with van der Waals surface area (Å²) in [5, 5.41) is 38.9. The van der Waals surface area contributed by atoms with Crippen molar-refractivity contribution in [3.8, 4) is 11.5 Å². The molecule has 10 nitrogen and oxygen atoms in total. The van der Waals surface area contributed by atoms with E-state index in [-0.39, 0.29) is 21.4 Å². The molecule has 2 rings (SSSR count). The summed E-state index contributed by atoms with van der Waals surface area (Å²) in [4.78, 5) is 19.0. The number of rotatable bonds is 2. The predicted octanol–water partition coefficient (Wildman–Crippen LogP) is 3.07. The van der Waals surface area contributed by atoms with Crippen molar-refractivity contribution in [3.05, 3.63) is 54.5 Å². The maximum Gasteiger partial charge on any atom is 0.314 e. The maximum absolute atomic E-state index is 10.3. The van der Waals surface area contributed by atoms with E-state index in [1.165, 1.54) is 12.1 Å². The molecule has 6 N–H and O–H groups in total. The number of nitrogen functional groups attached to an aromatic ring is 2. The number of benzene rings is 2. The Labute approximate surface area is 144 Å². The van der Waals surface area contributed by atoms with Gasteiger partial charge >= 0.3 is 11.4 Å². The van der Waals surface area contributed by atoms with Crippen molar-refractivity contribution in [1.29, 1.82) is 0 Å². The molecule has 0 saturated heterocycles. The van der Waals surface area contributed by atoms with E-state index >= 15 is 0 Å². The van der Waals surface area contributed by atoms with Crippen molar-refractivity contribution in [1.82, 2.24) is 0 Å². The van der Waals surface area contributed by atoms with E-state index in [4.69, 9.17) is 44.9 Å². The molecule has 12 heteroatoms. The zero-order valence-corrected chi connectivity index (χ0v) is 13.2. The average Bonchev–Trinajstić information content (AvgIpc) is 2.46. The summed E-state index contributed by atoms with van der Waals surface area (Å²) in [5.74, 6) is -1.10. The molecule has 0 spiro atoms. The lowest BCUT2D eigenvalue weighted by atomic mass is 10.2. The number of hydrogen-bond donors (Lipinski definition) is 4. The largest absolute Gasteiger partial charge is 0.501 e. The first-order chi connectivity index (χ1) is 11.0. The van der Waals surface area contributed by atoms with Crippen LogP contribution in [-0.2, 0) is 0 Å². The van der Waals surface area contributed by atoms with Crippen molar-refractivity contribution in [2.75, 3.05) is 11.5 Å². The number of phenolic OH excluding ortho intramolecular Hbond substituents is 2. The smallest absolute Gasteiger partial charge is 0.314 e. The van der Waals surface area contributed by atoms with Crippen molar-refractivity contribution < 1.29 is 20.1 Å². The fourth-order valence-corrected chi connectivity index (χ4v) is 1.93. The number of nitro benzene ring substituents is 2. The Balaban J connectivity index is 0.000000240. The Hall–Kier alpha value is -2.98. The summed E-state index contributed by atoms with van der Waals surface area (Å²) in [5.41, 5.74) is 9.26. The molecular formula is C12H10Cl2N4O6. The van der Waals surface area contributed by atoms with Gasteiger partial charge in [-0.1, -0.05) is 23.2 Å². The predicted molar refractivity (Wildman–Crippen MR) is 88.4 cm³/mol. The minimum atomic E-state index is -0.752. The molecule has 0 unspecified atom stereocenters. The van der Waals surface area contributed by atoms with Crippen LogP contribution in [0.4, 0.5) is 22.7 Å². The summed E-state index contributed by atoms with van der Waals surface area (Å²) < 4.78 is 0. The quantitative estimate of drug-likeness (QED) is 0.267. The van der Waals surface area contributed by atoms with Gasteiger partial charge in [0.2, 0.25) is 11.5 Å². The third-order valence-corrected chi connectivity index (χ3v) is 3.00. The van der Waals surface area contributed by atoms with Crippen molar-refractivity contribution in [2.45, 2.75) is 0 Å². The van der Waals surface area contributed by atoms with Gasteiger partial charge < -0.3 is 21.7 Å². The minimum absolute atomic E-state index is 0.103.